The molecule has 0 aromatic carbocycles. The molecule has 0 radical (unpaired) electrons. The average Bonchev–Trinajstić information content (AvgIpc) is 2.83. The van der Waals surface area contributed by atoms with Crippen molar-refractivity contribution in [1.29, 1.82) is 0 Å². The van der Waals surface area contributed by atoms with Gasteiger partial charge in [-0.15, -0.1) is 11.3 Å². The summed E-state index contributed by atoms with van der Waals surface area (Å²) in [5, 5.41) is 3.46. The summed E-state index contributed by atoms with van der Waals surface area (Å²) in [7, 11) is 0. The first kappa shape index (κ1) is 12.0. The Bertz CT molecular complexity index is 286. The van der Waals surface area contributed by atoms with E-state index in [9.17, 15) is 0 Å². The molecule has 1 aromatic heterocycles. The van der Waals surface area contributed by atoms with E-state index in [2.05, 4.69) is 17.2 Å². The molecule has 0 saturated carbocycles. The highest BCUT2D eigenvalue weighted by Gasteiger charge is 2.24. The molecule has 1 aliphatic rings. The largest absolute Gasteiger partial charge is 0.376 e. The van der Waals surface area contributed by atoms with Crippen molar-refractivity contribution in [2.24, 2.45) is 0 Å². The summed E-state index contributed by atoms with van der Waals surface area (Å²) in [6.45, 7) is 5.17. The molecule has 1 aromatic rings. The number of rotatable bonds is 5. The lowest BCUT2D eigenvalue weighted by atomic mass is 10.1. The first-order valence-corrected chi connectivity index (χ1v) is 6.58. The lowest BCUT2D eigenvalue weighted by Gasteiger charge is -2.30. The second-order valence-electron chi connectivity index (χ2n) is 3.82. The van der Waals surface area contributed by atoms with Crippen molar-refractivity contribution in [2.45, 2.75) is 25.5 Å². The lowest BCUT2D eigenvalue weighted by molar-refractivity contribution is -0.101. The highest BCUT2D eigenvalue weighted by atomic mass is 32.1. The zero-order valence-electron chi connectivity index (χ0n) is 9.52. The topological polar surface area (TPSA) is 43.4 Å². The standard InChI is InChI=1S/C11H18N2O2S/c1-2-13-10(5-9-6-12-8-16-9)11-7-14-3-4-15-11/h6,8,10-11,13H,2-5,7H2,1H3. The SMILES string of the molecule is CCNC(Cc1cncs1)C1COCCO1. The third kappa shape index (κ3) is 3.25. The number of aromatic nitrogens is 1. The fourth-order valence-corrected chi connectivity index (χ4v) is 2.55. The fraction of sp³-hybridized carbons (Fsp3) is 0.727. The van der Waals surface area contributed by atoms with Gasteiger partial charge in [-0.1, -0.05) is 6.92 Å². The van der Waals surface area contributed by atoms with Gasteiger partial charge in [-0.2, -0.15) is 0 Å². The molecule has 2 unspecified atom stereocenters. The Balaban J connectivity index is 1.92. The van der Waals surface area contributed by atoms with Crippen LogP contribution in [0.4, 0.5) is 0 Å². The van der Waals surface area contributed by atoms with Crippen molar-refractivity contribution in [3.63, 3.8) is 0 Å². The molecular formula is C11H18N2O2S. The molecule has 2 heterocycles. The smallest absolute Gasteiger partial charge is 0.0965 e. The second-order valence-corrected chi connectivity index (χ2v) is 4.79. The van der Waals surface area contributed by atoms with E-state index in [0.29, 0.717) is 19.3 Å². The van der Waals surface area contributed by atoms with Crippen molar-refractivity contribution in [1.82, 2.24) is 10.3 Å². The van der Waals surface area contributed by atoms with Crippen LogP contribution < -0.4 is 5.32 Å². The van der Waals surface area contributed by atoms with Crippen LogP contribution in [0.5, 0.6) is 0 Å². The van der Waals surface area contributed by atoms with Gasteiger partial charge in [0.25, 0.3) is 0 Å². The number of thiazole rings is 1. The van der Waals surface area contributed by atoms with E-state index in [1.54, 1.807) is 11.3 Å². The van der Waals surface area contributed by atoms with Gasteiger partial charge >= 0.3 is 0 Å². The number of nitrogens with one attached hydrogen (secondary N) is 1. The van der Waals surface area contributed by atoms with Gasteiger partial charge in [-0.3, -0.25) is 4.98 Å². The molecule has 0 amide bonds. The summed E-state index contributed by atoms with van der Waals surface area (Å²) in [6.07, 6.45) is 3.06. The van der Waals surface area contributed by atoms with Gasteiger partial charge in [-0.05, 0) is 6.54 Å². The van der Waals surface area contributed by atoms with Crippen LogP contribution in [0.2, 0.25) is 0 Å². The summed E-state index contributed by atoms with van der Waals surface area (Å²) >= 11 is 1.69. The van der Waals surface area contributed by atoms with Gasteiger partial charge in [0.05, 0.1) is 31.4 Å². The lowest BCUT2D eigenvalue weighted by Crippen LogP contribution is -2.47. The van der Waals surface area contributed by atoms with Crippen LogP contribution in [-0.4, -0.2) is 43.5 Å². The molecule has 0 aliphatic carbocycles. The molecule has 1 fully saturated rings. The van der Waals surface area contributed by atoms with Gasteiger partial charge in [0.1, 0.15) is 0 Å². The monoisotopic (exact) mass is 242 g/mol. The molecule has 0 bridgehead atoms. The van der Waals surface area contributed by atoms with E-state index in [1.807, 2.05) is 11.7 Å². The maximum atomic E-state index is 5.74. The van der Waals surface area contributed by atoms with Crippen LogP contribution in [-0.2, 0) is 15.9 Å². The van der Waals surface area contributed by atoms with Gasteiger partial charge in [-0.25, -0.2) is 0 Å². The van der Waals surface area contributed by atoms with Crippen LogP contribution in [0, 0.1) is 0 Å². The molecular weight excluding hydrogens is 224 g/mol. The molecule has 16 heavy (non-hydrogen) atoms. The average molecular weight is 242 g/mol. The van der Waals surface area contributed by atoms with E-state index >= 15 is 0 Å². The Hall–Kier alpha value is -0.490. The van der Waals surface area contributed by atoms with Crippen molar-refractivity contribution in [3.05, 3.63) is 16.6 Å². The summed E-state index contributed by atoms with van der Waals surface area (Å²) in [4.78, 5) is 5.39. The summed E-state index contributed by atoms with van der Waals surface area (Å²) in [5.74, 6) is 0. The Labute approximate surface area is 100.0 Å². The van der Waals surface area contributed by atoms with Gasteiger partial charge < -0.3 is 14.8 Å². The normalized spacial score (nSPS) is 23.2. The molecule has 4 nitrogen and oxygen atoms in total. The van der Waals surface area contributed by atoms with Crippen LogP contribution >= 0.6 is 11.3 Å². The van der Waals surface area contributed by atoms with Crippen LogP contribution in [0.3, 0.4) is 0 Å². The van der Waals surface area contributed by atoms with Crippen molar-refractivity contribution < 1.29 is 9.47 Å². The van der Waals surface area contributed by atoms with Crippen molar-refractivity contribution in [3.8, 4) is 0 Å². The van der Waals surface area contributed by atoms with Gasteiger partial charge in [0, 0.05) is 23.5 Å². The number of nitrogens with zero attached hydrogens (tertiary/aromatic N) is 1. The predicted molar refractivity (Wildman–Crippen MR) is 63.8 cm³/mol. The van der Waals surface area contributed by atoms with Gasteiger partial charge in [0.2, 0.25) is 0 Å². The van der Waals surface area contributed by atoms with Crippen LogP contribution in [0.25, 0.3) is 0 Å². The number of hydrogen-bond acceptors (Lipinski definition) is 5. The number of ether oxygens (including phenoxy) is 2. The quantitative estimate of drug-likeness (QED) is 0.839. The fourth-order valence-electron chi connectivity index (χ4n) is 1.90. The minimum Gasteiger partial charge on any atom is -0.376 e. The first-order chi connectivity index (χ1) is 7.90. The Kier molecular flexibility index (Phi) is 4.71. The molecule has 2 rings (SSSR count). The van der Waals surface area contributed by atoms with Crippen LogP contribution in [0.15, 0.2) is 11.7 Å². The van der Waals surface area contributed by atoms with Gasteiger partial charge in [0.15, 0.2) is 0 Å². The summed E-state index contributed by atoms with van der Waals surface area (Å²) in [5.41, 5.74) is 1.87. The van der Waals surface area contributed by atoms with Crippen molar-refractivity contribution >= 4 is 11.3 Å². The zero-order chi connectivity index (χ0) is 11.2. The van der Waals surface area contributed by atoms with E-state index in [4.69, 9.17) is 9.47 Å². The Morgan fingerprint density at radius 2 is 2.56 bits per heavy atom. The maximum absolute atomic E-state index is 5.74. The summed E-state index contributed by atoms with van der Waals surface area (Å²) < 4.78 is 11.2. The second kappa shape index (κ2) is 6.30. The third-order valence-corrected chi connectivity index (χ3v) is 3.46. The highest BCUT2D eigenvalue weighted by Crippen LogP contribution is 2.14. The molecule has 90 valence electrons. The molecule has 1 aliphatic heterocycles. The van der Waals surface area contributed by atoms with E-state index in [1.165, 1.54) is 4.88 Å². The predicted octanol–water partition coefficient (Wildman–Crippen LogP) is 1.08. The van der Waals surface area contributed by atoms with E-state index in [-0.39, 0.29) is 6.10 Å². The number of hydrogen-bond donors (Lipinski definition) is 1. The highest BCUT2D eigenvalue weighted by molar-refractivity contribution is 7.09. The molecule has 1 saturated heterocycles. The zero-order valence-corrected chi connectivity index (χ0v) is 10.3. The number of likely N-dealkylation sites (N-methyl/N-ethyl adjacent to an activating group) is 1. The molecule has 1 N–H and O–H groups in total. The molecule has 5 heteroatoms. The minimum atomic E-state index is 0.163. The van der Waals surface area contributed by atoms with E-state index < -0.39 is 0 Å². The molecule has 0 spiro atoms. The Morgan fingerprint density at radius 1 is 1.62 bits per heavy atom. The first-order valence-electron chi connectivity index (χ1n) is 5.70. The van der Waals surface area contributed by atoms with E-state index in [0.717, 1.165) is 19.6 Å². The van der Waals surface area contributed by atoms with Crippen LogP contribution in [0.1, 0.15) is 11.8 Å². The maximum Gasteiger partial charge on any atom is 0.0965 e. The third-order valence-electron chi connectivity index (χ3n) is 2.66. The Morgan fingerprint density at radius 3 is 3.19 bits per heavy atom. The minimum absolute atomic E-state index is 0.163. The molecule has 2 atom stereocenters. The summed E-state index contributed by atoms with van der Waals surface area (Å²) in [6, 6.07) is 0.325. The van der Waals surface area contributed by atoms with Crippen molar-refractivity contribution in [2.75, 3.05) is 26.4 Å².